The Bertz CT molecular complexity index is 810. The van der Waals surface area contributed by atoms with E-state index in [9.17, 15) is 4.79 Å². The van der Waals surface area contributed by atoms with Gasteiger partial charge in [-0.05, 0) is 28.8 Å². The molecule has 0 aromatic carbocycles. The molecule has 8 nitrogen and oxygen atoms in total. The smallest absolute Gasteiger partial charge is 0.254 e. The number of H-pyrrole nitrogens is 1. The van der Waals surface area contributed by atoms with Crippen LogP contribution in [0.15, 0.2) is 16.9 Å². The van der Waals surface area contributed by atoms with Gasteiger partial charge in [-0.15, -0.1) is 12.4 Å². The lowest BCUT2D eigenvalue weighted by atomic mass is 10.1. The summed E-state index contributed by atoms with van der Waals surface area (Å²) in [4.78, 5) is 22.4. The molecule has 10 heteroatoms. The number of hydrogen-bond donors (Lipinski definition) is 4. The number of carbonyl (C=O) groups is 1. The van der Waals surface area contributed by atoms with Crippen molar-refractivity contribution in [2.24, 2.45) is 5.73 Å². The van der Waals surface area contributed by atoms with Crippen molar-refractivity contribution < 1.29 is 9.53 Å². The largest absolute Gasteiger partial charge is 0.368 e. The van der Waals surface area contributed by atoms with Crippen LogP contribution in [0.1, 0.15) is 12.8 Å². The van der Waals surface area contributed by atoms with E-state index < -0.39 is 6.10 Å². The molecule has 1 unspecified atom stereocenters. The maximum Gasteiger partial charge on any atom is 0.254 e. The molecule has 2 saturated heterocycles. The number of rotatable bonds is 3. The number of fused-ring (bicyclic) bond motifs is 1. The van der Waals surface area contributed by atoms with E-state index in [4.69, 9.17) is 10.5 Å². The first-order valence-corrected chi connectivity index (χ1v) is 9.72. The summed E-state index contributed by atoms with van der Waals surface area (Å²) in [5.41, 5.74) is 8.64. The summed E-state index contributed by atoms with van der Waals surface area (Å²) >= 11 is 3.63. The van der Waals surface area contributed by atoms with E-state index >= 15 is 0 Å². The first-order valence-electron chi connectivity index (χ1n) is 8.93. The number of nitrogens with one attached hydrogen (secondary N) is 3. The molecule has 2 aliphatic heterocycles. The number of morpholine rings is 1. The maximum atomic E-state index is 12.6. The maximum absolute atomic E-state index is 12.6. The molecule has 0 saturated carbocycles. The highest BCUT2D eigenvalue weighted by molar-refractivity contribution is 9.10. The van der Waals surface area contributed by atoms with Crippen molar-refractivity contribution in [1.29, 1.82) is 0 Å². The SMILES string of the molecule is Cl.N[C@@H]1CCCN(c2c(Br)cnc3[nH]cc(NC(=O)C4CNCCO4)c23)C1. The minimum Gasteiger partial charge on any atom is -0.368 e. The van der Waals surface area contributed by atoms with Gasteiger partial charge in [0.25, 0.3) is 5.91 Å². The van der Waals surface area contributed by atoms with Crippen LogP contribution in [-0.4, -0.2) is 60.8 Å². The van der Waals surface area contributed by atoms with Gasteiger partial charge in [-0.3, -0.25) is 4.79 Å². The molecule has 2 aromatic heterocycles. The molecule has 4 rings (SSSR count). The van der Waals surface area contributed by atoms with Crippen molar-refractivity contribution in [2.75, 3.05) is 43.0 Å². The summed E-state index contributed by atoms with van der Waals surface area (Å²) in [6, 6.07) is 0.151. The third kappa shape index (κ3) is 4.22. The quantitative estimate of drug-likeness (QED) is 0.555. The molecule has 2 fully saturated rings. The van der Waals surface area contributed by atoms with Crippen LogP contribution in [0.5, 0.6) is 0 Å². The Balaban J connectivity index is 0.00000210. The van der Waals surface area contributed by atoms with Crippen LogP contribution in [0, 0.1) is 0 Å². The normalized spacial score (nSPS) is 23.1. The minimum absolute atomic E-state index is 0. The summed E-state index contributed by atoms with van der Waals surface area (Å²) in [5, 5.41) is 7.07. The lowest BCUT2D eigenvalue weighted by molar-refractivity contribution is -0.128. The van der Waals surface area contributed by atoms with Crippen LogP contribution in [0.25, 0.3) is 11.0 Å². The number of nitrogens with two attached hydrogens (primary N) is 1. The number of amides is 1. The average Bonchev–Trinajstić information content (AvgIpc) is 3.05. The second kappa shape index (κ2) is 8.74. The third-order valence-electron chi connectivity index (χ3n) is 4.88. The Morgan fingerprint density at radius 2 is 2.33 bits per heavy atom. The Morgan fingerprint density at radius 3 is 3.07 bits per heavy atom. The Kier molecular flexibility index (Phi) is 6.59. The molecule has 1 amide bonds. The van der Waals surface area contributed by atoms with E-state index in [1.54, 1.807) is 12.4 Å². The van der Waals surface area contributed by atoms with Crippen LogP contribution >= 0.6 is 28.3 Å². The van der Waals surface area contributed by atoms with Crippen molar-refractivity contribution in [3.63, 3.8) is 0 Å². The molecule has 2 aromatic rings. The van der Waals surface area contributed by atoms with Gasteiger partial charge in [-0.1, -0.05) is 0 Å². The van der Waals surface area contributed by atoms with E-state index in [1.807, 2.05) is 0 Å². The molecular weight excluding hydrogens is 436 g/mol. The molecule has 2 atom stereocenters. The monoisotopic (exact) mass is 458 g/mol. The number of ether oxygens (including phenoxy) is 1. The highest BCUT2D eigenvalue weighted by atomic mass is 79.9. The molecule has 2 aliphatic rings. The Labute approximate surface area is 172 Å². The van der Waals surface area contributed by atoms with Crippen molar-refractivity contribution in [1.82, 2.24) is 15.3 Å². The Morgan fingerprint density at radius 1 is 1.48 bits per heavy atom. The van der Waals surface area contributed by atoms with E-state index in [0.717, 1.165) is 53.7 Å². The molecule has 5 N–H and O–H groups in total. The molecular formula is C17H24BrClN6O2. The van der Waals surface area contributed by atoms with Gasteiger partial charge < -0.3 is 31.0 Å². The summed E-state index contributed by atoms with van der Waals surface area (Å²) in [6.07, 6.45) is 5.16. The first kappa shape index (κ1) is 20.3. The van der Waals surface area contributed by atoms with Gasteiger partial charge >= 0.3 is 0 Å². The van der Waals surface area contributed by atoms with Crippen LogP contribution in [0.2, 0.25) is 0 Å². The standard InChI is InChI=1S/C17H23BrN6O2.ClH/c18-11-6-21-16-14(15(11)24-4-1-2-10(19)9-24)12(7-22-16)23-17(25)13-8-20-3-5-26-13;/h6-7,10,13,20H,1-5,8-9,19H2,(H,21,22)(H,23,25);1H/t10-,13?;/m1./s1. The molecule has 0 radical (unpaired) electrons. The molecule has 0 aliphatic carbocycles. The van der Waals surface area contributed by atoms with Gasteiger partial charge in [0.2, 0.25) is 0 Å². The fraction of sp³-hybridized carbons (Fsp3) is 0.529. The first-order chi connectivity index (χ1) is 12.6. The number of carbonyl (C=O) groups excluding carboxylic acids is 1. The molecule has 27 heavy (non-hydrogen) atoms. The second-order valence-electron chi connectivity index (χ2n) is 6.78. The number of hydrogen-bond acceptors (Lipinski definition) is 6. The molecule has 4 heterocycles. The van der Waals surface area contributed by atoms with Crippen molar-refractivity contribution >= 4 is 56.7 Å². The average molecular weight is 460 g/mol. The van der Waals surface area contributed by atoms with Crippen LogP contribution in [0.4, 0.5) is 11.4 Å². The highest BCUT2D eigenvalue weighted by Crippen LogP contribution is 2.38. The number of piperidine rings is 1. The zero-order valence-electron chi connectivity index (χ0n) is 14.8. The summed E-state index contributed by atoms with van der Waals surface area (Å²) < 4.78 is 6.44. The predicted molar refractivity (Wildman–Crippen MR) is 112 cm³/mol. The molecule has 0 spiro atoms. The Hall–Kier alpha value is -1.39. The van der Waals surface area contributed by atoms with Crippen LogP contribution < -0.4 is 21.3 Å². The van der Waals surface area contributed by atoms with Crippen molar-refractivity contribution in [3.05, 3.63) is 16.9 Å². The van der Waals surface area contributed by atoms with Gasteiger partial charge in [0.15, 0.2) is 0 Å². The zero-order valence-corrected chi connectivity index (χ0v) is 17.2. The van der Waals surface area contributed by atoms with E-state index in [-0.39, 0.29) is 24.4 Å². The van der Waals surface area contributed by atoms with E-state index in [1.165, 1.54) is 0 Å². The number of aromatic amines is 1. The number of nitrogens with zero attached hydrogens (tertiary/aromatic N) is 2. The van der Waals surface area contributed by atoms with Crippen LogP contribution in [-0.2, 0) is 9.53 Å². The summed E-state index contributed by atoms with van der Waals surface area (Å²) in [7, 11) is 0. The van der Waals surface area contributed by atoms with Gasteiger partial charge in [0.1, 0.15) is 11.8 Å². The summed E-state index contributed by atoms with van der Waals surface area (Å²) in [6.45, 7) is 3.54. The summed E-state index contributed by atoms with van der Waals surface area (Å²) in [5.74, 6) is -0.153. The number of pyridine rings is 1. The van der Waals surface area contributed by atoms with E-state index in [0.29, 0.717) is 18.8 Å². The highest BCUT2D eigenvalue weighted by Gasteiger charge is 2.26. The fourth-order valence-corrected chi connectivity index (χ4v) is 4.17. The second-order valence-corrected chi connectivity index (χ2v) is 7.64. The molecule has 148 valence electrons. The minimum atomic E-state index is -0.485. The van der Waals surface area contributed by atoms with Gasteiger partial charge in [0.05, 0.1) is 27.8 Å². The molecule has 0 bridgehead atoms. The fourth-order valence-electron chi connectivity index (χ4n) is 3.62. The van der Waals surface area contributed by atoms with Crippen molar-refractivity contribution in [2.45, 2.75) is 25.0 Å². The topological polar surface area (TPSA) is 108 Å². The van der Waals surface area contributed by atoms with Gasteiger partial charge in [0, 0.05) is 44.6 Å². The van der Waals surface area contributed by atoms with Crippen molar-refractivity contribution in [3.8, 4) is 0 Å². The zero-order chi connectivity index (χ0) is 18.1. The lowest BCUT2D eigenvalue weighted by Gasteiger charge is -2.33. The lowest BCUT2D eigenvalue weighted by Crippen LogP contribution is -2.45. The van der Waals surface area contributed by atoms with Crippen LogP contribution in [0.3, 0.4) is 0 Å². The predicted octanol–water partition coefficient (Wildman–Crippen LogP) is 1.60. The number of anilines is 2. The number of halogens is 2. The third-order valence-corrected chi connectivity index (χ3v) is 5.46. The number of aromatic nitrogens is 2. The van der Waals surface area contributed by atoms with Gasteiger partial charge in [-0.25, -0.2) is 4.98 Å². The van der Waals surface area contributed by atoms with E-state index in [2.05, 4.69) is 41.4 Å². The van der Waals surface area contributed by atoms with Gasteiger partial charge in [-0.2, -0.15) is 0 Å².